The number of nitrogens with one attached hydrogen (secondary N) is 1. The molecule has 2 rings (SSSR count). The molecule has 20 heavy (non-hydrogen) atoms. The molecule has 1 atom stereocenters. The molecule has 0 aliphatic carbocycles. The average molecular weight is 275 g/mol. The Labute approximate surface area is 119 Å². The molecule has 1 aromatic carbocycles. The van der Waals surface area contributed by atoms with Crippen molar-refractivity contribution in [1.82, 2.24) is 0 Å². The zero-order valence-electron chi connectivity index (χ0n) is 12.2. The lowest BCUT2D eigenvalue weighted by Crippen LogP contribution is -2.07. The van der Waals surface area contributed by atoms with E-state index in [1.165, 1.54) is 0 Å². The molecule has 0 saturated heterocycles. The van der Waals surface area contributed by atoms with Crippen molar-refractivity contribution < 1.29 is 13.9 Å². The third-order valence-electron chi connectivity index (χ3n) is 2.96. The van der Waals surface area contributed by atoms with Crippen LogP contribution < -0.4 is 10.1 Å². The van der Waals surface area contributed by atoms with Crippen LogP contribution in [-0.4, -0.2) is 20.3 Å². The molecule has 1 heterocycles. The van der Waals surface area contributed by atoms with E-state index in [9.17, 15) is 0 Å². The van der Waals surface area contributed by atoms with Crippen molar-refractivity contribution in [3.05, 3.63) is 47.9 Å². The lowest BCUT2D eigenvalue weighted by atomic mass is 10.2. The van der Waals surface area contributed by atoms with Crippen LogP contribution in [-0.2, 0) is 4.74 Å². The fourth-order valence-electron chi connectivity index (χ4n) is 1.93. The number of rotatable bonds is 7. The van der Waals surface area contributed by atoms with Crippen LogP contribution in [0.5, 0.6) is 5.75 Å². The van der Waals surface area contributed by atoms with Crippen LogP contribution in [0.3, 0.4) is 0 Å². The Kier molecular flexibility index (Phi) is 5.07. The number of ether oxygens (including phenoxy) is 2. The second-order valence-electron chi connectivity index (χ2n) is 4.68. The molecule has 4 heteroatoms. The summed E-state index contributed by atoms with van der Waals surface area (Å²) in [6, 6.07) is 12.0. The van der Waals surface area contributed by atoms with Crippen LogP contribution in [0.25, 0.3) is 0 Å². The Morgan fingerprint density at radius 2 is 2.05 bits per heavy atom. The molecule has 0 saturated carbocycles. The smallest absolute Gasteiger partial charge is 0.126 e. The van der Waals surface area contributed by atoms with Crippen LogP contribution >= 0.6 is 0 Å². The molecule has 0 aliphatic rings. The zero-order chi connectivity index (χ0) is 14.4. The Balaban J connectivity index is 1.96. The molecule has 0 radical (unpaired) electrons. The van der Waals surface area contributed by atoms with Gasteiger partial charge in [-0.15, -0.1) is 0 Å². The molecular weight excluding hydrogens is 254 g/mol. The van der Waals surface area contributed by atoms with Crippen LogP contribution in [0.4, 0.5) is 5.69 Å². The first-order chi connectivity index (χ1) is 9.69. The third kappa shape index (κ3) is 4.03. The molecule has 0 fully saturated rings. The number of furan rings is 1. The molecule has 0 spiro atoms. The first kappa shape index (κ1) is 14.5. The minimum atomic E-state index is 0.109. The average Bonchev–Trinajstić information content (AvgIpc) is 2.86. The van der Waals surface area contributed by atoms with Gasteiger partial charge in [0.05, 0.1) is 12.6 Å². The van der Waals surface area contributed by atoms with Gasteiger partial charge in [-0.1, -0.05) is 6.07 Å². The molecule has 1 N–H and O–H groups in total. The van der Waals surface area contributed by atoms with Gasteiger partial charge < -0.3 is 19.2 Å². The summed E-state index contributed by atoms with van der Waals surface area (Å²) in [4.78, 5) is 0. The largest absolute Gasteiger partial charge is 0.491 e. The highest BCUT2D eigenvalue weighted by molar-refractivity contribution is 5.49. The Hall–Kier alpha value is -1.94. The summed E-state index contributed by atoms with van der Waals surface area (Å²) in [6.07, 6.45) is 0. The van der Waals surface area contributed by atoms with Gasteiger partial charge in [0.25, 0.3) is 0 Å². The zero-order valence-corrected chi connectivity index (χ0v) is 12.2. The highest BCUT2D eigenvalue weighted by Crippen LogP contribution is 2.23. The number of hydrogen-bond acceptors (Lipinski definition) is 4. The maximum absolute atomic E-state index is 5.62. The van der Waals surface area contributed by atoms with Crippen molar-refractivity contribution in [1.29, 1.82) is 0 Å². The summed E-state index contributed by atoms with van der Waals surface area (Å²) < 4.78 is 16.2. The fourth-order valence-corrected chi connectivity index (χ4v) is 1.93. The summed E-state index contributed by atoms with van der Waals surface area (Å²) in [6.45, 7) is 5.14. The number of hydrogen-bond donors (Lipinski definition) is 1. The lowest BCUT2D eigenvalue weighted by molar-refractivity contribution is 0.146. The number of anilines is 1. The van der Waals surface area contributed by atoms with Gasteiger partial charge in [-0.3, -0.25) is 0 Å². The van der Waals surface area contributed by atoms with Crippen molar-refractivity contribution >= 4 is 5.69 Å². The van der Waals surface area contributed by atoms with Gasteiger partial charge in [0.2, 0.25) is 0 Å². The van der Waals surface area contributed by atoms with Crippen LogP contribution in [0.1, 0.15) is 24.5 Å². The quantitative estimate of drug-likeness (QED) is 0.781. The molecule has 1 aromatic heterocycles. The van der Waals surface area contributed by atoms with E-state index in [1.807, 2.05) is 43.3 Å². The molecular formula is C16H21NO3. The van der Waals surface area contributed by atoms with E-state index < -0.39 is 0 Å². The van der Waals surface area contributed by atoms with Gasteiger partial charge in [-0.2, -0.15) is 0 Å². The van der Waals surface area contributed by atoms with E-state index in [2.05, 4.69) is 12.2 Å². The van der Waals surface area contributed by atoms with Crippen LogP contribution in [0.15, 0.2) is 40.8 Å². The molecule has 2 aromatic rings. The Morgan fingerprint density at radius 1 is 1.20 bits per heavy atom. The lowest BCUT2D eigenvalue weighted by Gasteiger charge is -2.14. The predicted octanol–water partition coefficient (Wildman–Crippen LogP) is 3.79. The van der Waals surface area contributed by atoms with Crippen molar-refractivity contribution in [3.63, 3.8) is 0 Å². The Morgan fingerprint density at radius 3 is 2.75 bits per heavy atom. The van der Waals surface area contributed by atoms with E-state index in [1.54, 1.807) is 7.11 Å². The molecule has 0 bridgehead atoms. The summed E-state index contributed by atoms with van der Waals surface area (Å²) >= 11 is 0. The van der Waals surface area contributed by atoms with Crippen molar-refractivity contribution in [2.45, 2.75) is 19.9 Å². The summed E-state index contributed by atoms with van der Waals surface area (Å²) in [5, 5.41) is 3.40. The predicted molar refractivity (Wildman–Crippen MR) is 79.3 cm³/mol. The van der Waals surface area contributed by atoms with E-state index in [0.717, 1.165) is 23.0 Å². The maximum Gasteiger partial charge on any atom is 0.126 e. The number of aryl methyl sites for hydroxylation is 1. The minimum Gasteiger partial charge on any atom is -0.491 e. The first-order valence-corrected chi connectivity index (χ1v) is 6.73. The number of benzene rings is 1. The summed E-state index contributed by atoms with van der Waals surface area (Å²) in [5.74, 6) is 2.67. The molecule has 4 nitrogen and oxygen atoms in total. The van der Waals surface area contributed by atoms with Crippen LogP contribution in [0, 0.1) is 6.92 Å². The van der Waals surface area contributed by atoms with E-state index in [-0.39, 0.29) is 6.04 Å². The van der Waals surface area contributed by atoms with Gasteiger partial charge in [0.1, 0.15) is 23.9 Å². The normalized spacial score (nSPS) is 12.2. The standard InChI is InChI=1S/C16H21NO3/c1-12-7-8-16(20-12)13(2)17-14-5-4-6-15(11-14)19-10-9-18-3/h4-8,11,13,17H,9-10H2,1-3H3. The van der Waals surface area contributed by atoms with E-state index in [4.69, 9.17) is 13.9 Å². The summed E-state index contributed by atoms with van der Waals surface area (Å²) in [7, 11) is 1.66. The SMILES string of the molecule is COCCOc1cccc(NC(C)c2ccc(C)o2)c1. The highest BCUT2D eigenvalue weighted by atomic mass is 16.5. The molecule has 0 amide bonds. The van der Waals surface area contributed by atoms with Gasteiger partial charge in [0.15, 0.2) is 0 Å². The fraction of sp³-hybridized carbons (Fsp3) is 0.375. The first-order valence-electron chi connectivity index (χ1n) is 6.73. The maximum atomic E-state index is 5.62. The van der Waals surface area contributed by atoms with E-state index in [0.29, 0.717) is 13.2 Å². The molecule has 0 aliphatic heterocycles. The van der Waals surface area contributed by atoms with Gasteiger partial charge in [0, 0.05) is 18.9 Å². The number of methoxy groups -OCH3 is 1. The van der Waals surface area contributed by atoms with Crippen molar-refractivity contribution in [3.8, 4) is 5.75 Å². The summed E-state index contributed by atoms with van der Waals surface area (Å²) in [5.41, 5.74) is 1.00. The van der Waals surface area contributed by atoms with E-state index >= 15 is 0 Å². The molecule has 108 valence electrons. The van der Waals surface area contributed by atoms with Gasteiger partial charge >= 0.3 is 0 Å². The van der Waals surface area contributed by atoms with Crippen molar-refractivity contribution in [2.24, 2.45) is 0 Å². The second kappa shape index (κ2) is 7.01. The van der Waals surface area contributed by atoms with Gasteiger partial charge in [-0.05, 0) is 38.1 Å². The van der Waals surface area contributed by atoms with Crippen LogP contribution in [0.2, 0.25) is 0 Å². The highest BCUT2D eigenvalue weighted by Gasteiger charge is 2.09. The third-order valence-corrected chi connectivity index (χ3v) is 2.96. The topological polar surface area (TPSA) is 43.6 Å². The second-order valence-corrected chi connectivity index (χ2v) is 4.68. The van der Waals surface area contributed by atoms with Gasteiger partial charge in [-0.25, -0.2) is 0 Å². The minimum absolute atomic E-state index is 0.109. The van der Waals surface area contributed by atoms with Crippen molar-refractivity contribution in [2.75, 3.05) is 25.6 Å². The Bertz CT molecular complexity index is 536. The monoisotopic (exact) mass is 275 g/mol. The molecule has 1 unspecified atom stereocenters.